The van der Waals surface area contributed by atoms with Crippen LogP contribution >= 0.6 is 0 Å². The third-order valence-corrected chi connectivity index (χ3v) is 11.0. The van der Waals surface area contributed by atoms with E-state index in [1.54, 1.807) is 0 Å². The number of carbonyl (C=O) groups is 2. The zero-order chi connectivity index (χ0) is 35.0. The summed E-state index contributed by atoms with van der Waals surface area (Å²) in [6.07, 6.45) is 7.56. The number of hydrogen-bond donors (Lipinski definition) is 1. The summed E-state index contributed by atoms with van der Waals surface area (Å²) in [7, 11) is 0. The second-order valence-corrected chi connectivity index (χ2v) is 14.6. The van der Waals surface area contributed by atoms with Gasteiger partial charge in [-0.25, -0.2) is 4.79 Å². The van der Waals surface area contributed by atoms with Crippen molar-refractivity contribution in [2.45, 2.75) is 103 Å². The Labute approximate surface area is 297 Å². The minimum Gasteiger partial charge on any atom is -0.482 e. The summed E-state index contributed by atoms with van der Waals surface area (Å²) in [5.74, 6) is 0.658. The van der Waals surface area contributed by atoms with E-state index in [1.807, 2.05) is 55.5 Å². The van der Waals surface area contributed by atoms with Gasteiger partial charge in [0, 0.05) is 0 Å². The summed E-state index contributed by atoms with van der Waals surface area (Å²) in [4.78, 5) is 26.0. The normalized spacial score (nSPS) is 20.8. The van der Waals surface area contributed by atoms with Crippen LogP contribution in [0.1, 0.15) is 92.5 Å². The standard InChI is InChI=1S/C44H52O6/c1-4-5-7-14-37(50-44(47)30(3)32-18-19-33-22-29(2)16-17-34(33)23-32)20-21-38-39-24-35-13-10-15-42(40(35)25-36(39)26-41(38)45)48-28-43(46)49-27-31-11-8-6-9-12-31/h6,8-13,15-19,22-23,30,36-39,41,45H,4-5,7,14,20-21,24-28H2,1-3H3/t30-,36-,37-,38+,39-,41+/m0/s1. The Balaban J connectivity index is 1.06. The lowest BCUT2D eigenvalue weighted by Gasteiger charge is -2.33. The molecule has 2 aliphatic carbocycles. The minimum atomic E-state index is -0.396. The zero-order valence-corrected chi connectivity index (χ0v) is 29.8. The lowest BCUT2D eigenvalue weighted by molar-refractivity contribution is -0.151. The molecule has 264 valence electrons. The van der Waals surface area contributed by atoms with Crippen LogP contribution in [-0.4, -0.2) is 35.9 Å². The summed E-state index contributed by atoms with van der Waals surface area (Å²) in [6.45, 7) is 6.30. The quantitative estimate of drug-likeness (QED) is 0.1000. The van der Waals surface area contributed by atoms with Crippen LogP contribution in [0.2, 0.25) is 0 Å². The maximum Gasteiger partial charge on any atom is 0.344 e. The first-order valence-electron chi connectivity index (χ1n) is 18.6. The minimum absolute atomic E-state index is 0.139. The molecule has 0 aliphatic heterocycles. The molecule has 0 bridgehead atoms. The number of unbranched alkanes of at least 4 members (excludes halogenated alkanes) is 2. The average molecular weight is 677 g/mol. The molecule has 0 aromatic heterocycles. The largest absolute Gasteiger partial charge is 0.482 e. The van der Waals surface area contributed by atoms with Crippen LogP contribution in [0.3, 0.4) is 0 Å². The SMILES string of the molecule is CCCCC[C@@H](CC[C@@H]1[C@H]2Cc3cccc(OCC(=O)OCc4ccccc4)c3C[C@H]2C[C@H]1O)OC(=O)[C@@H](C)c1ccc2cc(C)ccc2c1. The second-order valence-electron chi connectivity index (χ2n) is 14.6. The number of aryl methyl sites for hydroxylation is 1. The number of fused-ring (bicyclic) bond motifs is 3. The van der Waals surface area contributed by atoms with Gasteiger partial charge in [-0.2, -0.15) is 0 Å². The first-order chi connectivity index (χ1) is 24.3. The molecule has 0 heterocycles. The first kappa shape index (κ1) is 35.7. The summed E-state index contributed by atoms with van der Waals surface area (Å²) in [6, 6.07) is 28.3. The fourth-order valence-electron chi connectivity index (χ4n) is 8.17. The van der Waals surface area contributed by atoms with Crippen LogP contribution in [0.15, 0.2) is 84.9 Å². The van der Waals surface area contributed by atoms with Gasteiger partial charge in [-0.1, -0.05) is 104 Å². The molecule has 6 rings (SSSR count). The number of esters is 2. The Bertz CT molecular complexity index is 1750. The molecule has 4 aromatic rings. The molecular weight excluding hydrogens is 624 g/mol. The van der Waals surface area contributed by atoms with Crippen LogP contribution < -0.4 is 4.74 Å². The van der Waals surface area contributed by atoms with Crippen molar-refractivity contribution in [2.24, 2.45) is 17.8 Å². The third-order valence-electron chi connectivity index (χ3n) is 11.0. The van der Waals surface area contributed by atoms with Crippen LogP contribution in [-0.2, 0) is 38.5 Å². The van der Waals surface area contributed by atoms with Crippen molar-refractivity contribution in [1.82, 2.24) is 0 Å². The average Bonchev–Trinajstić information content (AvgIpc) is 3.44. The van der Waals surface area contributed by atoms with E-state index in [1.165, 1.54) is 16.5 Å². The van der Waals surface area contributed by atoms with Gasteiger partial charge in [0.25, 0.3) is 0 Å². The number of aliphatic hydroxyl groups is 1. The number of ether oxygens (including phenoxy) is 3. The molecular formula is C44H52O6. The van der Waals surface area contributed by atoms with Crippen LogP contribution in [0.25, 0.3) is 10.8 Å². The second kappa shape index (κ2) is 16.7. The van der Waals surface area contributed by atoms with E-state index in [9.17, 15) is 14.7 Å². The van der Waals surface area contributed by atoms with Crippen LogP contribution in [0.4, 0.5) is 0 Å². The third kappa shape index (κ3) is 8.76. The molecule has 6 nitrogen and oxygen atoms in total. The van der Waals surface area contributed by atoms with Crippen LogP contribution in [0.5, 0.6) is 5.75 Å². The van der Waals surface area contributed by atoms with E-state index in [0.29, 0.717) is 11.8 Å². The Morgan fingerprint density at radius 3 is 2.52 bits per heavy atom. The molecule has 0 spiro atoms. The van der Waals surface area contributed by atoms with Crippen molar-refractivity contribution in [3.8, 4) is 5.75 Å². The van der Waals surface area contributed by atoms with Crippen LogP contribution in [0, 0.1) is 24.7 Å². The number of carbonyl (C=O) groups excluding carboxylic acids is 2. The predicted octanol–water partition coefficient (Wildman–Crippen LogP) is 9.06. The van der Waals surface area contributed by atoms with E-state index < -0.39 is 5.97 Å². The molecule has 2 aliphatic rings. The summed E-state index contributed by atoms with van der Waals surface area (Å²) >= 11 is 0. The Kier molecular flexibility index (Phi) is 11.9. The van der Waals surface area contributed by atoms with Crippen molar-refractivity contribution < 1.29 is 28.9 Å². The van der Waals surface area contributed by atoms with Gasteiger partial charge < -0.3 is 19.3 Å². The van der Waals surface area contributed by atoms with E-state index in [-0.39, 0.29) is 43.2 Å². The smallest absolute Gasteiger partial charge is 0.344 e. The Hall–Kier alpha value is -4.16. The fraction of sp³-hybridized carbons (Fsp3) is 0.455. The van der Waals surface area contributed by atoms with Gasteiger partial charge in [0.1, 0.15) is 18.5 Å². The molecule has 1 fully saturated rings. The predicted molar refractivity (Wildman–Crippen MR) is 197 cm³/mol. The lowest BCUT2D eigenvalue weighted by Crippen LogP contribution is -2.29. The van der Waals surface area contributed by atoms with Gasteiger partial charge in [0.05, 0.1) is 12.0 Å². The summed E-state index contributed by atoms with van der Waals surface area (Å²) in [5, 5.41) is 13.7. The van der Waals surface area contributed by atoms with Crippen molar-refractivity contribution in [3.63, 3.8) is 0 Å². The molecule has 0 saturated heterocycles. The van der Waals surface area contributed by atoms with Crippen molar-refractivity contribution in [3.05, 3.63) is 113 Å². The van der Waals surface area contributed by atoms with E-state index in [2.05, 4.69) is 50.2 Å². The summed E-state index contributed by atoms with van der Waals surface area (Å²) in [5.41, 5.74) is 5.50. The highest BCUT2D eigenvalue weighted by Gasteiger charge is 2.45. The lowest BCUT2D eigenvalue weighted by atomic mass is 9.73. The molecule has 0 unspecified atom stereocenters. The number of aliphatic hydroxyl groups excluding tert-OH is 1. The number of hydrogen-bond acceptors (Lipinski definition) is 6. The molecule has 1 N–H and O–H groups in total. The van der Waals surface area contributed by atoms with Gasteiger partial charge >= 0.3 is 11.9 Å². The summed E-state index contributed by atoms with van der Waals surface area (Å²) < 4.78 is 17.7. The van der Waals surface area contributed by atoms with Gasteiger partial charge in [-0.3, -0.25) is 4.79 Å². The van der Waals surface area contributed by atoms with Gasteiger partial charge in [0.15, 0.2) is 6.61 Å². The van der Waals surface area contributed by atoms with E-state index in [4.69, 9.17) is 14.2 Å². The highest BCUT2D eigenvalue weighted by atomic mass is 16.6. The Morgan fingerprint density at radius 2 is 1.70 bits per heavy atom. The van der Waals surface area contributed by atoms with Gasteiger partial charge in [0.2, 0.25) is 0 Å². The Morgan fingerprint density at radius 1 is 0.900 bits per heavy atom. The molecule has 1 saturated carbocycles. The van der Waals surface area contributed by atoms with Gasteiger partial charge in [-0.05, 0) is 116 Å². The monoisotopic (exact) mass is 676 g/mol. The van der Waals surface area contributed by atoms with E-state index >= 15 is 0 Å². The first-order valence-corrected chi connectivity index (χ1v) is 18.6. The number of benzene rings is 4. The van der Waals surface area contributed by atoms with Crippen molar-refractivity contribution >= 4 is 22.7 Å². The maximum absolute atomic E-state index is 13.5. The van der Waals surface area contributed by atoms with Crippen molar-refractivity contribution in [1.29, 1.82) is 0 Å². The molecule has 50 heavy (non-hydrogen) atoms. The highest BCUT2D eigenvalue weighted by molar-refractivity contribution is 5.86. The van der Waals surface area contributed by atoms with Crippen molar-refractivity contribution in [2.75, 3.05) is 6.61 Å². The maximum atomic E-state index is 13.5. The number of rotatable bonds is 15. The molecule has 0 amide bonds. The highest BCUT2D eigenvalue weighted by Crippen LogP contribution is 2.48. The molecule has 4 aromatic carbocycles. The molecule has 6 atom stereocenters. The molecule has 6 heteroatoms. The van der Waals surface area contributed by atoms with E-state index in [0.717, 1.165) is 85.6 Å². The zero-order valence-electron chi connectivity index (χ0n) is 29.8. The van der Waals surface area contributed by atoms with Gasteiger partial charge in [-0.15, -0.1) is 0 Å². The molecule has 0 radical (unpaired) electrons. The topological polar surface area (TPSA) is 82.1 Å². The fourth-order valence-corrected chi connectivity index (χ4v) is 8.17.